The summed E-state index contributed by atoms with van der Waals surface area (Å²) >= 11 is 2.15. The zero-order chi connectivity index (χ0) is 21.6. The van der Waals surface area contributed by atoms with Crippen LogP contribution in [0.2, 0.25) is 0 Å². The average Bonchev–Trinajstić information content (AvgIpc) is 3.63. The van der Waals surface area contributed by atoms with E-state index in [1.54, 1.807) is 0 Å². The molecule has 0 amide bonds. The number of hydrogen-bond acceptors (Lipinski definition) is 4. The minimum absolute atomic E-state index is 0.0186. The lowest BCUT2D eigenvalue weighted by Gasteiger charge is -2.43. The van der Waals surface area contributed by atoms with Gasteiger partial charge in [-0.15, -0.1) is 0 Å². The number of methoxy groups -OCH3 is 1. The maximum Gasteiger partial charge on any atom is 0.100 e. The number of ether oxygens (including phenoxy) is 3. The van der Waals surface area contributed by atoms with Crippen LogP contribution in [0, 0.1) is 5.92 Å². The van der Waals surface area contributed by atoms with E-state index in [1.807, 2.05) is 7.11 Å². The molecule has 1 aliphatic carbocycles. The van der Waals surface area contributed by atoms with Gasteiger partial charge in [0.1, 0.15) is 5.60 Å². The molecule has 0 radical (unpaired) electrons. The lowest BCUT2D eigenvalue weighted by Crippen LogP contribution is -2.53. The molecule has 174 valence electrons. The van der Waals surface area contributed by atoms with E-state index >= 15 is 0 Å². The van der Waals surface area contributed by atoms with Gasteiger partial charge in [0.15, 0.2) is 0 Å². The van der Waals surface area contributed by atoms with Crippen molar-refractivity contribution in [2.75, 3.05) is 19.5 Å². The predicted octanol–water partition coefficient (Wildman–Crippen LogP) is 6.94. The fraction of sp³-hybridized carbons (Fsp3) is 0.923. The first kappa shape index (κ1) is 24.6. The third kappa shape index (κ3) is 6.05. The van der Waals surface area contributed by atoms with Crippen molar-refractivity contribution in [3.05, 3.63) is 11.6 Å². The van der Waals surface area contributed by atoms with Gasteiger partial charge < -0.3 is 14.2 Å². The number of unbranched alkanes of at least 4 members (excludes halogenated alkanes) is 7. The summed E-state index contributed by atoms with van der Waals surface area (Å²) in [6, 6.07) is 0. The Morgan fingerprint density at radius 1 is 1.10 bits per heavy atom. The van der Waals surface area contributed by atoms with Crippen LogP contribution in [0.3, 0.4) is 0 Å². The molecular weight excluding hydrogens is 392 g/mol. The molecule has 2 aliphatic heterocycles. The molecule has 6 atom stereocenters. The van der Waals surface area contributed by atoms with Crippen molar-refractivity contribution >= 4 is 11.8 Å². The highest BCUT2D eigenvalue weighted by Crippen LogP contribution is 2.60. The van der Waals surface area contributed by atoms with Crippen LogP contribution in [0.25, 0.3) is 0 Å². The Morgan fingerprint density at radius 2 is 1.77 bits per heavy atom. The standard InChI is InChI=1S/C26H46O3S/c1-6-7-8-9-10-11-12-13-18-30-21-16-17-26(19-28-26)24(23(21)27-5)25(4)22(29-25)15-14-20(2)3/h14,21-24H,6-13,15-19H2,1-5H3/t21-,22-,23-,24-,25+,26+/m1/s1. The second-order valence-electron chi connectivity index (χ2n) is 10.3. The van der Waals surface area contributed by atoms with E-state index in [2.05, 4.69) is 45.5 Å². The molecule has 4 heteroatoms. The van der Waals surface area contributed by atoms with Gasteiger partial charge in [-0.3, -0.25) is 0 Å². The van der Waals surface area contributed by atoms with E-state index in [9.17, 15) is 0 Å². The Bertz CT molecular complexity index is 554. The highest BCUT2D eigenvalue weighted by atomic mass is 32.2. The van der Waals surface area contributed by atoms with Crippen molar-refractivity contribution in [2.45, 2.75) is 127 Å². The van der Waals surface area contributed by atoms with Crippen molar-refractivity contribution in [3.63, 3.8) is 0 Å². The van der Waals surface area contributed by atoms with Gasteiger partial charge in [0.25, 0.3) is 0 Å². The van der Waals surface area contributed by atoms with Crippen LogP contribution in [-0.2, 0) is 14.2 Å². The Balaban J connectivity index is 1.46. The van der Waals surface area contributed by atoms with Gasteiger partial charge >= 0.3 is 0 Å². The summed E-state index contributed by atoms with van der Waals surface area (Å²) in [5.41, 5.74) is 1.29. The van der Waals surface area contributed by atoms with E-state index in [1.165, 1.54) is 75.5 Å². The van der Waals surface area contributed by atoms with Crippen LogP contribution in [0.15, 0.2) is 11.6 Å². The van der Waals surface area contributed by atoms with Crippen LogP contribution in [0.5, 0.6) is 0 Å². The molecule has 0 aromatic heterocycles. The molecule has 1 saturated carbocycles. The van der Waals surface area contributed by atoms with Crippen molar-refractivity contribution in [2.24, 2.45) is 5.92 Å². The van der Waals surface area contributed by atoms with Gasteiger partial charge in [-0.25, -0.2) is 0 Å². The molecule has 0 N–H and O–H groups in total. The summed E-state index contributed by atoms with van der Waals surface area (Å²) in [7, 11) is 1.90. The lowest BCUT2D eigenvalue weighted by atomic mass is 9.69. The molecular formula is C26H46O3S. The summed E-state index contributed by atoms with van der Waals surface area (Å²) in [6.07, 6.45) is 17.4. The smallest absolute Gasteiger partial charge is 0.100 e. The second kappa shape index (κ2) is 11.2. The predicted molar refractivity (Wildman–Crippen MR) is 128 cm³/mol. The number of thioether (sulfide) groups is 1. The van der Waals surface area contributed by atoms with Crippen LogP contribution in [-0.4, -0.2) is 48.1 Å². The Labute approximate surface area is 190 Å². The monoisotopic (exact) mass is 438 g/mol. The lowest BCUT2D eigenvalue weighted by molar-refractivity contribution is -0.0450. The average molecular weight is 439 g/mol. The summed E-state index contributed by atoms with van der Waals surface area (Å²) in [5, 5.41) is 0.574. The van der Waals surface area contributed by atoms with Crippen LogP contribution >= 0.6 is 11.8 Å². The number of hydrogen-bond donors (Lipinski definition) is 0. The van der Waals surface area contributed by atoms with Gasteiger partial charge in [-0.05, 0) is 52.2 Å². The Morgan fingerprint density at radius 3 is 2.37 bits per heavy atom. The topological polar surface area (TPSA) is 34.3 Å². The van der Waals surface area contributed by atoms with Crippen molar-refractivity contribution in [1.82, 2.24) is 0 Å². The van der Waals surface area contributed by atoms with Crippen molar-refractivity contribution < 1.29 is 14.2 Å². The number of allylic oxidation sites excluding steroid dienone is 1. The first-order chi connectivity index (χ1) is 14.5. The minimum Gasteiger partial charge on any atom is -0.380 e. The molecule has 3 aliphatic rings. The first-order valence-corrected chi connectivity index (χ1v) is 13.6. The van der Waals surface area contributed by atoms with Crippen LogP contribution in [0.4, 0.5) is 0 Å². The Kier molecular flexibility index (Phi) is 9.19. The molecule has 2 saturated heterocycles. The third-order valence-corrected chi connectivity index (χ3v) is 9.02. The largest absolute Gasteiger partial charge is 0.380 e. The quantitative estimate of drug-likeness (QED) is 0.167. The highest BCUT2D eigenvalue weighted by molar-refractivity contribution is 7.99. The van der Waals surface area contributed by atoms with Crippen molar-refractivity contribution in [3.8, 4) is 0 Å². The molecule has 3 rings (SSSR count). The fourth-order valence-corrected chi connectivity index (χ4v) is 7.01. The molecule has 0 aromatic rings. The minimum atomic E-state index is -0.0964. The Hall–Kier alpha value is -0.0300. The molecule has 1 spiro atoms. The first-order valence-electron chi connectivity index (χ1n) is 12.6. The molecule has 0 aromatic carbocycles. The third-order valence-electron chi connectivity index (χ3n) is 7.57. The van der Waals surface area contributed by atoms with Gasteiger partial charge in [0, 0.05) is 18.3 Å². The van der Waals surface area contributed by atoms with Gasteiger partial charge in [0.2, 0.25) is 0 Å². The van der Waals surface area contributed by atoms with Gasteiger partial charge in [-0.1, -0.05) is 63.5 Å². The summed E-state index contributed by atoms with van der Waals surface area (Å²) in [4.78, 5) is 0. The van der Waals surface area contributed by atoms with Gasteiger partial charge in [-0.2, -0.15) is 11.8 Å². The highest BCUT2D eigenvalue weighted by Gasteiger charge is 2.71. The maximum absolute atomic E-state index is 6.33. The summed E-state index contributed by atoms with van der Waals surface area (Å²) in [6.45, 7) is 9.82. The molecule has 3 nitrogen and oxygen atoms in total. The number of epoxide rings is 2. The van der Waals surface area contributed by atoms with E-state index in [4.69, 9.17) is 14.2 Å². The van der Waals surface area contributed by atoms with Crippen LogP contribution in [0.1, 0.15) is 98.3 Å². The van der Waals surface area contributed by atoms with E-state index in [0.29, 0.717) is 17.3 Å². The normalized spacial score (nSPS) is 37.4. The van der Waals surface area contributed by atoms with Crippen molar-refractivity contribution in [1.29, 1.82) is 0 Å². The summed E-state index contributed by atoms with van der Waals surface area (Å²) < 4.78 is 18.6. The van der Waals surface area contributed by atoms with Gasteiger partial charge in [0.05, 0.1) is 24.4 Å². The molecule has 0 bridgehead atoms. The van der Waals surface area contributed by atoms with E-state index < -0.39 is 0 Å². The second-order valence-corrected chi connectivity index (χ2v) is 11.6. The molecule has 3 fully saturated rings. The zero-order valence-electron chi connectivity index (χ0n) is 20.2. The fourth-order valence-electron chi connectivity index (χ4n) is 5.59. The van der Waals surface area contributed by atoms with E-state index in [0.717, 1.165) is 13.0 Å². The zero-order valence-corrected chi connectivity index (χ0v) is 21.0. The molecule has 30 heavy (non-hydrogen) atoms. The van der Waals surface area contributed by atoms with E-state index in [-0.39, 0.29) is 17.3 Å². The SMILES string of the molecule is CCCCCCCCCCS[C@@H]1CC[C@]2(CO2)[C@@H]([C@@]2(C)O[C@@H]2CC=C(C)C)[C@@H]1OC. The summed E-state index contributed by atoms with van der Waals surface area (Å²) in [5.74, 6) is 1.62. The molecule has 2 heterocycles. The number of rotatable bonds is 14. The maximum atomic E-state index is 6.33. The van der Waals surface area contributed by atoms with Crippen LogP contribution < -0.4 is 0 Å². The molecule has 0 unspecified atom stereocenters.